The van der Waals surface area contributed by atoms with Gasteiger partial charge in [-0.25, -0.2) is 0 Å². The zero-order valence-electron chi connectivity index (χ0n) is 21.4. The number of fused-ring (bicyclic) bond motifs is 4. The molecule has 1 saturated heterocycles. The van der Waals surface area contributed by atoms with Gasteiger partial charge in [0.1, 0.15) is 0 Å². The fourth-order valence-electron chi connectivity index (χ4n) is 5.65. The summed E-state index contributed by atoms with van der Waals surface area (Å²) in [6.45, 7) is 13.3. The van der Waals surface area contributed by atoms with Gasteiger partial charge < -0.3 is 14.6 Å². The predicted molar refractivity (Wildman–Crippen MR) is 140 cm³/mol. The molecule has 1 aliphatic heterocycles. The van der Waals surface area contributed by atoms with Crippen LogP contribution < -0.4 is 4.90 Å². The van der Waals surface area contributed by atoms with E-state index in [2.05, 4.69) is 67.7 Å². The second kappa shape index (κ2) is 8.82. The number of nitrogens with one attached hydrogen (secondary N) is 1. The Hall–Kier alpha value is -3.14. The normalized spacial score (nSPS) is 16.7. The third-order valence-electron chi connectivity index (χ3n) is 7.97. The molecule has 6 nitrogen and oxygen atoms in total. The van der Waals surface area contributed by atoms with Gasteiger partial charge in [0, 0.05) is 53.4 Å². The Kier molecular flexibility index (Phi) is 5.94. The van der Waals surface area contributed by atoms with E-state index in [1.165, 1.54) is 11.3 Å². The summed E-state index contributed by atoms with van der Waals surface area (Å²) in [5.74, 6) is 0.0660. The van der Waals surface area contributed by atoms with Crippen LogP contribution in [0.2, 0.25) is 0 Å². The minimum absolute atomic E-state index is 0.0660. The number of aromatic amines is 1. The Morgan fingerprint density at radius 3 is 2.57 bits per heavy atom. The Labute approximate surface area is 207 Å². The minimum atomic E-state index is -0.370. The summed E-state index contributed by atoms with van der Waals surface area (Å²) in [6.07, 6.45) is 0.862. The molecule has 0 bridgehead atoms. The van der Waals surface area contributed by atoms with Crippen LogP contribution in [0.15, 0.2) is 30.3 Å². The number of rotatable bonds is 7. The van der Waals surface area contributed by atoms with Crippen molar-refractivity contribution in [2.24, 2.45) is 0 Å². The Balaban J connectivity index is 1.54. The molecular formula is C29H34N4O2. The Morgan fingerprint density at radius 2 is 1.94 bits per heavy atom. The molecule has 0 radical (unpaired) electrons. The van der Waals surface area contributed by atoms with Crippen LogP contribution in [0.4, 0.5) is 5.69 Å². The lowest BCUT2D eigenvalue weighted by Gasteiger charge is -2.38. The van der Waals surface area contributed by atoms with Gasteiger partial charge in [-0.05, 0) is 48.4 Å². The molecule has 1 aromatic heterocycles. The fourth-order valence-corrected chi connectivity index (χ4v) is 5.65. The number of nitrogens with zero attached hydrogens (tertiary/aromatic N) is 3. The number of nitriles is 1. The van der Waals surface area contributed by atoms with Crippen LogP contribution in [0, 0.1) is 11.3 Å². The first-order valence-electron chi connectivity index (χ1n) is 12.6. The number of hydrogen-bond acceptors (Lipinski definition) is 5. The van der Waals surface area contributed by atoms with Gasteiger partial charge >= 0.3 is 0 Å². The first-order valence-corrected chi connectivity index (χ1v) is 12.6. The summed E-state index contributed by atoms with van der Waals surface area (Å²) >= 11 is 0. The van der Waals surface area contributed by atoms with E-state index in [1.54, 1.807) is 6.07 Å². The molecule has 2 aromatic carbocycles. The summed E-state index contributed by atoms with van der Waals surface area (Å²) in [6, 6.07) is 12.6. The van der Waals surface area contributed by atoms with Crippen molar-refractivity contribution in [1.29, 1.82) is 5.26 Å². The van der Waals surface area contributed by atoms with Gasteiger partial charge in [-0.2, -0.15) is 5.26 Å². The molecule has 2 aliphatic rings. The molecule has 2 heterocycles. The second-order valence-corrected chi connectivity index (χ2v) is 10.3. The predicted octanol–water partition coefficient (Wildman–Crippen LogP) is 4.63. The van der Waals surface area contributed by atoms with Crippen LogP contribution in [0.3, 0.4) is 0 Å². The second-order valence-electron chi connectivity index (χ2n) is 10.3. The molecule has 6 heteroatoms. The average Bonchev–Trinajstić information content (AvgIpc) is 3.23. The zero-order valence-corrected chi connectivity index (χ0v) is 21.4. The van der Waals surface area contributed by atoms with E-state index in [4.69, 9.17) is 4.74 Å². The minimum Gasteiger partial charge on any atom is -0.378 e. The molecule has 1 N–H and O–H groups in total. The topological polar surface area (TPSA) is 72.4 Å². The van der Waals surface area contributed by atoms with E-state index in [1.807, 2.05) is 12.1 Å². The molecule has 0 spiro atoms. The molecule has 1 fully saturated rings. The molecule has 182 valence electrons. The van der Waals surface area contributed by atoms with Crippen molar-refractivity contribution in [2.45, 2.75) is 45.6 Å². The average molecular weight is 471 g/mol. The van der Waals surface area contributed by atoms with Crippen molar-refractivity contribution in [2.75, 3.05) is 44.8 Å². The molecule has 3 aromatic rings. The largest absolute Gasteiger partial charge is 0.378 e. The first kappa shape index (κ1) is 23.6. The van der Waals surface area contributed by atoms with Crippen molar-refractivity contribution >= 4 is 22.4 Å². The summed E-state index contributed by atoms with van der Waals surface area (Å²) < 4.78 is 5.40. The Morgan fingerprint density at radius 1 is 1.17 bits per heavy atom. The summed E-state index contributed by atoms with van der Waals surface area (Å²) in [4.78, 5) is 22.1. The first-order chi connectivity index (χ1) is 16.8. The number of ether oxygens (including phenoxy) is 1. The monoisotopic (exact) mass is 470 g/mol. The number of likely N-dealkylation sites (N-methyl/N-ethyl adjacent to an activating group) is 2. The van der Waals surface area contributed by atoms with Crippen LogP contribution in [0.5, 0.6) is 0 Å². The van der Waals surface area contributed by atoms with E-state index in [0.29, 0.717) is 11.6 Å². The van der Waals surface area contributed by atoms with Gasteiger partial charge in [-0.15, -0.1) is 0 Å². The highest BCUT2D eigenvalue weighted by molar-refractivity contribution is 6.20. The summed E-state index contributed by atoms with van der Waals surface area (Å²) in [5, 5.41) is 10.2. The molecule has 0 saturated carbocycles. The quantitative estimate of drug-likeness (QED) is 0.545. The van der Waals surface area contributed by atoms with E-state index in [-0.39, 0.29) is 11.2 Å². The maximum atomic E-state index is 13.8. The smallest absolute Gasteiger partial charge is 0.195 e. The number of carbonyl (C=O) groups is 1. The number of anilines is 1. The highest BCUT2D eigenvalue weighted by Gasteiger charge is 2.40. The number of benzene rings is 2. The highest BCUT2D eigenvalue weighted by atomic mass is 16.5. The summed E-state index contributed by atoms with van der Waals surface area (Å²) in [7, 11) is 2.15. The van der Waals surface area contributed by atoms with Crippen molar-refractivity contribution in [3.8, 4) is 6.07 Å². The van der Waals surface area contributed by atoms with E-state index >= 15 is 0 Å². The lowest BCUT2D eigenvalue weighted by atomic mass is 9.70. The van der Waals surface area contributed by atoms with Gasteiger partial charge in [-0.1, -0.05) is 33.8 Å². The number of H-pyrrole nitrogens is 1. The number of aryl methyl sites for hydroxylation is 1. The molecule has 35 heavy (non-hydrogen) atoms. The van der Waals surface area contributed by atoms with Gasteiger partial charge in [0.25, 0.3) is 0 Å². The molecular weight excluding hydrogens is 436 g/mol. The van der Waals surface area contributed by atoms with Crippen LogP contribution >= 0.6 is 0 Å². The highest BCUT2D eigenvalue weighted by Crippen LogP contribution is 2.45. The maximum Gasteiger partial charge on any atom is 0.195 e. The van der Waals surface area contributed by atoms with Crippen molar-refractivity contribution < 1.29 is 9.53 Å². The maximum absolute atomic E-state index is 13.8. The SMILES string of the molecule is CCc1cc2c(cc1N(C)CCN(CC)C1COC1)C(C)(C)c1[nH]c3cc(C#N)ccc3c1C2=O. The van der Waals surface area contributed by atoms with E-state index in [9.17, 15) is 10.1 Å². The lowest BCUT2D eigenvalue weighted by Crippen LogP contribution is -2.51. The Bertz CT molecular complexity index is 1340. The van der Waals surface area contributed by atoms with Crippen LogP contribution in [-0.4, -0.2) is 61.6 Å². The van der Waals surface area contributed by atoms with Crippen molar-refractivity contribution in [3.63, 3.8) is 0 Å². The number of hydrogen-bond donors (Lipinski definition) is 1. The lowest BCUT2D eigenvalue weighted by molar-refractivity contribution is -0.0621. The number of ketones is 1. The summed E-state index contributed by atoms with van der Waals surface area (Å²) in [5.41, 5.74) is 6.97. The van der Waals surface area contributed by atoms with Gasteiger partial charge in [0.15, 0.2) is 5.78 Å². The standard InChI is InChI=1S/C29H34N4O2/c1-6-19-13-22-23(14-25(19)32(5)10-11-33(7-2)20-16-35-17-20)29(3,4)28-26(27(22)34)21-9-8-18(15-30)12-24(21)31-28/h8-9,12-14,20,31H,6-7,10-11,16-17H2,1-5H3. The van der Waals surface area contributed by atoms with E-state index < -0.39 is 0 Å². The molecule has 0 unspecified atom stereocenters. The van der Waals surface area contributed by atoms with E-state index in [0.717, 1.165) is 72.6 Å². The number of aromatic nitrogens is 1. The van der Waals surface area contributed by atoms with Gasteiger partial charge in [-0.3, -0.25) is 9.69 Å². The van der Waals surface area contributed by atoms with Crippen molar-refractivity contribution in [3.05, 3.63) is 63.8 Å². The third kappa shape index (κ3) is 3.74. The van der Waals surface area contributed by atoms with Crippen LogP contribution in [0.25, 0.3) is 10.9 Å². The van der Waals surface area contributed by atoms with Crippen LogP contribution in [-0.2, 0) is 16.6 Å². The van der Waals surface area contributed by atoms with Crippen LogP contribution in [0.1, 0.15) is 66.0 Å². The fraction of sp³-hybridized carbons (Fsp3) is 0.448. The molecule has 0 amide bonds. The third-order valence-corrected chi connectivity index (χ3v) is 7.97. The molecule has 0 atom stereocenters. The van der Waals surface area contributed by atoms with Gasteiger partial charge in [0.05, 0.1) is 36.5 Å². The van der Waals surface area contributed by atoms with Gasteiger partial charge in [0.2, 0.25) is 0 Å². The number of carbonyl (C=O) groups excluding carboxylic acids is 1. The zero-order chi connectivity index (χ0) is 24.9. The van der Waals surface area contributed by atoms with Crippen molar-refractivity contribution in [1.82, 2.24) is 9.88 Å². The molecule has 5 rings (SSSR count). The molecule has 1 aliphatic carbocycles.